The Balaban J connectivity index is 1.28. The van der Waals surface area contributed by atoms with Crippen LogP contribution in [-0.4, -0.2) is 38.7 Å². The topological polar surface area (TPSA) is 77.2 Å². The monoisotopic (exact) mass is 437 g/mol. The molecule has 1 fully saturated rings. The highest BCUT2D eigenvalue weighted by atomic mass is 16.5. The van der Waals surface area contributed by atoms with Gasteiger partial charge in [-0.2, -0.15) is 0 Å². The van der Waals surface area contributed by atoms with Gasteiger partial charge in [0.1, 0.15) is 17.0 Å². The second-order valence-corrected chi connectivity index (χ2v) is 8.29. The zero-order valence-corrected chi connectivity index (χ0v) is 18.3. The first kappa shape index (κ1) is 19.8. The summed E-state index contributed by atoms with van der Waals surface area (Å²) in [5, 5.41) is 11.9. The number of pyridine rings is 2. The lowest BCUT2D eigenvalue weighted by Crippen LogP contribution is -2.23. The summed E-state index contributed by atoms with van der Waals surface area (Å²) in [5.74, 6) is 1.88. The number of para-hydroxylation sites is 1. The van der Waals surface area contributed by atoms with Gasteiger partial charge in [-0.3, -0.25) is 9.88 Å². The van der Waals surface area contributed by atoms with Crippen LogP contribution in [0.5, 0.6) is 5.75 Å². The molecule has 1 saturated heterocycles. The summed E-state index contributed by atoms with van der Waals surface area (Å²) in [6, 6.07) is 20.3. The molecular weight excluding hydrogens is 414 g/mol. The molecule has 1 aliphatic rings. The average Bonchev–Trinajstić information content (AvgIpc) is 3.53. The van der Waals surface area contributed by atoms with Crippen molar-refractivity contribution in [2.45, 2.75) is 25.4 Å². The first-order valence-electron chi connectivity index (χ1n) is 11.1. The molecule has 0 N–H and O–H groups in total. The van der Waals surface area contributed by atoms with Crippen LogP contribution >= 0.6 is 0 Å². The number of hydrogen-bond donors (Lipinski definition) is 0. The first-order chi connectivity index (χ1) is 16.3. The lowest BCUT2D eigenvalue weighted by molar-refractivity contribution is 0.213. The smallest absolute Gasteiger partial charge is 0.266 e. The van der Waals surface area contributed by atoms with Crippen LogP contribution in [0, 0.1) is 0 Å². The Labute approximate surface area is 191 Å². The van der Waals surface area contributed by atoms with Crippen molar-refractivity contribution in [3.63, 3.8) is 0 Å². The van der Waals surface area contributed by atoms with Crippen LogP contribution < -0.4 is 4.74 Å². The van der Waals surface area contributed by atoms with Gasteiger partial charge in [0.2, 0.25) is 5.89 Å². The summed E-state index contributed by atoms with van der Waals surface area (Å²) < 4.78 is 11.7. The van der Waals surface area contributed by atoms with E-state index in [2.05, 4.69) is 44.3 Å². The second-order valence-electron chi connectivity index (χ2n) is 8.29. The molecule has 6 rings (SSSR count). The SMILES string of the molecule is COc1cccc2ccc(CN3CCC[C@H]3c3nnc(-c4nccc5ccccc45)o3)nc12. The number of benzene rings is 2. The zero-order chi connectivity index (χ0) is 22.2. The molecule has 0 bridgehead atoms. The maximum Gasteiger partial charge on any atom is 0.266 e. The Hall–Kier alpha value is -3.84. The number of hydrogen-bond acceptors (Lipinski definition) is 7. The van der Waals surface area contributed by atoms with Crippen molar-refractivity contribution in [1.29, 1.82) is 0 Å². The number of aromatic nitrogens is 4. The van der Waals surface area contributed by atoms with E-state index in [0.29, 0.717) is 18.3 Å². The van der Waals surface area contributed by atoms with E-state index >= 15 is 0 Å². The van der Waals surface area contributed by atoms with Gasteiger partial charge >= 0.3 is 0 Å². The number of rotatable bonds is 5. The lowest BCUT2D eigenvalue weighted by atomic mass is 10.1. The van der Waals surface area contributed by atoms with Crippen molar-refractivity contribution in [3.8, 4) is 17.3 Å². The molecule has 33 heavy (non-hydrogen) atoms. The highest BCUT2D eigenvalue weighted by Crippen LogP contribution is 2.35. The largest absolute Gasteiger partial charge is 0.494 e. The molecule has 5 aromatic rings. The summed E-state index contributed by atoms with van der Waals surface area (Å²) in [7, 11) is 1.68. The lowest BCUT2D eigenvalue weighted by Gasteiger charge is -2.21. The molecule has 2 aromatic carbocycles. The predicted molar refractivity (Wildman–Crippen MR) is 126 cm³/mol. The minimum absolute atomic E-state index is 0.0661. The molecule has 7 heteroatoms. The molecule has 3 aromatic heterocycles. The summed E-state index contributed by atoms with van der Waals surface area (Å²) in [5.41, 5.74) is 2.60. The Bertz CT molecular complexity index is 1440. The van der Waals surface area contributed by atoms with E-state index in [0.717, 1.165) is 58.2 Å². The predicted octanol–water partition coefficient (Wildman–Crippen LogP) is 5.18. The molecule has 0 amide bonds. The fourth-order valence-electron chi connectivity index (χ4n) is 4.67. The Kier molecular flexibility index (Phi) is 4.96. The first-order valence-corrected chi connectivity index (χ1v) is 11.1. The minimum atomic E-state index is 0.0661. The van der Waals surface area contributed by atoms with E-state index < -0.39 is 0 Å². The quantitative estimate of drug-likeness (QED) is 0.375. The molecular formula is C26H23N5O2. The highest BCUT2D eigenvalue weighted by molar-refractivity contribution is 5.92. The van der Waals surface area contributed by atoms with Crippen LogP contribution in [0.4, 0.5) is 0 Å². The molecule has 4 heterocycles. The van der Waals surface area contributed by atoms with Gasteiger partial charge < -0.3 is 9.15 Å². The second kappa shape index (κ2) is 8.26. The Morgan fingerprint density at radius 1 is 1.00 bits per heavy atom. The number of ether oxygens (including phenoxy) is 1. The molecule has 0 spiro atoms. The average molecular weight is 438 g/mol. The van der Waals surface area contributed by atoms with E-state index in [1.807, 2.05) is 36.4 Å². The Morgan fingerprint density at radius 2 is 1.91 bits per heavy atom. The maximum atomic E-state index is 6.17. The van der Waals surface area contributed by atoms with E-state index in [4.69, 9.17) is 14.1 Å². The summed E-state index contributed by atoms with van der Waals surface area (Å²) >= 11 is 0. The van der Waals surface area contributed by atoms with Gasteiger partial charge in [-0.15, -0.1) is 10.2 Å². The van der Waals surface area contributed by atoms with Crippen molar-refractivity contribution < 1.29 is 9.15 Å². The standard InChI is InChI=1S/C26H23N5O2/c1-32-22-10-4-7-18-11-12-19(28-23(18)22)16-31-15-5-9-21(31)25-29-30-26(33-25)24-20-8-3-2-6-17(20)13-14-27-24/h2-4,6-8,10-14,21H,5,9,15-16H2,1H3/t21-/m0/s1. The van der Waals surface area contributed by atoms with E-state index in [9.17, 15) is 0 Å². The zero-order valence-electron chi connectivity index (χ0n) is 18.3. The third-order valence-electron chi connectivity index (χ3n) is 6.29. The van der Waals surface area contributed by atoms with Gasteiger partial charge in [-0.1, -0.05) is 42.5 Å². The fourth-order valence-corrected chi connectivity index (χ4v) is 4.67. The van der Waals surface area contributed by atoms with Crippen molar-refractivity contribution in [3.05, 3.63) is 78.4 Å². The van der Waals surface area contributed by atoms with Crippen molar-refractivity contribution in [2.24, 2.45) is 0 Å². The van der Waals surface area contributed by atoms with Gasteiger partial charge in [0.25, 0.3) is 5.89 Å². The summed E-state index contributed by atoms with van der Waals surface area (Å²) in [6.07, 6.45) is 3.83. The van der Waals surface area contributed by atoms with E-state index in [1.54, 1.807) is 13.3 Å². The van der Waals surface area contributed by atoms with Crippen LogP contribution in [0.2, 0.25) is 0 Å². The summed E-state index contributed by atoms with van der Waals surface area (Å²) in [4.78, 5) is 11.8. The molecule has 0 unspecified atom stereocenters. The van der Waals surface area contributed by atoms with Gasteiger partial charge in [-0.05, 0) is 43.0 Å². The molecule has 7 nitrogen and oxygen atoms in total. The third kappa shape index (κ3) is 3.60. The molecule has 0 aliphatic carbocycles. The molecule has 164 valence electrons. The van der Waals surface area contributed by atoms with Crippen molar-refractivity contribution in [1.82, 2.24) is 25.1 Å². The number of likely N-dealkylation sites (tertiary alicyclic amines) is 1. The van der Waals surface area contributed by atoms with Gasteiger partial charge in [0.05, 0.1) is 18.8 Å². The van der Waals surface area contributed by atoms with Crippen LogP contribution in [0.25, 0.3) is 33.3 Å². The van der Waals surface area contributed by atoms with E-state index in [1.165, 1.54) is 0 Å². The van der Waals surface area contributed by atoms with Crippen LogP contribution in [-0.2, 0) is 6.54 Å². The molecule has 1 aliphatic heterocycles. The number of methoxy groups -OCH3 is 1. The van der Waals surface area contributed by atoms with Gasteiger partial charge in [0.15, 0.2) is 0 Å². The van der Waals surface area contributed by atoms with E-state index in [-0.39, 0.29) is 6.04 Å². The normalized spacial score (nSPS) is 16.6. The third-order valence-corrected chi connectivity index (χ3v) is 6.29. The molecule has 0 saturated carbocycles. The molecule has 1 atom stereocenters. The maximum absolute atomic E-state index is 6.17. The Morgan fingerprint density at radius 3 is 2.85 bits per heavy atom. The molecule has 0 radical (unpaired) electrons. The number of nitrogens with zero attached hydrogens (tertiary/aromatic N) is 5. The van der Waals surface area contributed by atoms with Crippen LogP contribution in [0.1, 0.15) is 30.5 Å². The van der Waals surface area contributed by atoms with Gasteiger partial charge in [-0.25, -0.2) is 4.98 Å². The van der Waals surface area contributed by atoms with Gasteiger partial charge in [0, 0.05) is 23.5 Å². The number of fused-ring (bicyclic) bond motifs is 2. The summed E-state index contributed by atoms with van der Waals surface area (Å²) in [6.45, 7) is 1.67. The van der Waals surface area contributed by atoms with Crippen molar-refractivity contribution in [2.75, 3.05) is 13.7 Å². The fraction of sp³-hybridized carbons (Fsp3) is 0.231. The highest BCUT2D eigenvalue weighted by Gasteiger charge is 2.31. The van der Waals surface area contributed by atoms with Crippen molar-refractivity contribution >= 4 is 21.7 Å². The van der Waals surface area contributed by atoms with Crippen LogP contribution in [0.3, 0.4) is 0 Å². The minimum Gasteiger partial charge on any atom is -0.494 e. The van der Waals surface area contributed by atoms with Crippen LogP contribution in [0.15, 0.2) is 71.3 Å².